The molecule has 84 valence electrons. The van der Waals surface area contributed by atoms with Gasteiger partial charge in [-0.3, -0.25) is 0 Å². The summed E-state index contributed by atoms with van der Waals surface area (Å²) >= 11 is 0. The van der Waals surface area contributed by atoms with Gasteiger partial charge in [0.05, 0.1) is 0 Å². The van der Waals surface area contributed by atoms with Crippen molar-refractivity contribution >= 4 is 5.70 Å². The van der Waals surface area contributed by atoms with E-state index < -0.39 is 0 Å². The van der Waals surface area contributed by atoms with Crippen LogP contribution in [0.5, 0.6) is 0 Å². The first-order valence-electron chi connectivity index (χ1n) is 6.03. The first-order valence-corrected chi connectivity index (χ1v) is 6.03. The highest BCUT2D eigenvalue weighted by atomic mass is 14.9. The summed E-state index contributed by atoms with van der Waals surface area (Å²) in [5.74, 6) is 0. The normalized spacial score (nSPS) is 14.2. The lowest BCUT2D eigenvalue weighted by Crippen LogP contribution is -2.05. The molecule has 0 atom stereocenters. The molecule has 3 rings (SSSR count). The van der Waals surface area contributed by atoms with Crippen LogP contribution in [0.4, 0.5) is 0 Å². The molecule has 0 amide bonds. The van der Waals surface area contributed by atoms with Gasteiger partial charge in [0.1, 0.15) is 0 Å². The van der Waals surface area contributed by atoms with Gasteiger partial charge < -0.3 is 5.32 Å². The molecule has 0 saturated heterocycles. The van der Waals surface area contributed by atoms with Crippen LogP contribution in [0.15, 0.2) is 60.7 Å². The van der Waals surface area contributed by atoms with Crippen LogP contribution < -0.4 is 5.32 Å². The number of rotatable bonds is 2. The van der Waals surface area contributed by atoms with Crippen LogP contribution in [0.25, 0.3) is 16.8 Å². The van der Waals surface area contributed by atoms with Crippen molar-refractivity contribution in [3.05, 3.63) is 66.2 Å². The Kier molecular flexibility index (Phi) is 2.66. The fourth-order valence-corrected chi connectivity index (χ4v) is 2.19. The Morgan fingerprint density at radius 2 is 1.35 bits per heavy atom. The predicted octanol–water partition coefficient (Wildman–Crippen LogP) is 3.69. The molecule has 0 aliphatic carbocycles. The Labute approximate surface area is 102 Å². The molecule has 2 aromatic carbocycles. The SMILES string of the molecule is C1=C(c2ccc(-c3ccccc3)cc2)NCC1. The minimum atomic E-state index is 1.07. The van der Waals surface area contributed by atoms with Gasteiger partial charge in [0.15, 0.2) is 0 Å². The van der Waals surface area contributed by atoms with Gasteiger partial charge in [-0.05, 0) is 23.1 Å². The van der Waals surface area contributed by atoms with E-state index >= 15 is 0 Å². The van der Waals surface area contributed by atoms with Gasteiger partial charge in [0.2, 0.25) is 0 Å². The highest BCUT2D eigenvalue weighted by Gasteiger charge is 2.05. The molecule has 0 unspecified atom stereocenters. The second-order valence-electron chi connectivity index (χ2n) is 4.28. The Bertz CT molecular complexity index is 523. The van der Waals surface area contributed by atoms with Crippen molar-refractivity contribution in [3.8, 4) is 11.1 Å². The maximum absolute atomic E-state index is 3.39. The van der Waals surface area contributed by atoms with E-state index in [0.717, 1.165) is 13.0 Å². The van der Waals surface area contributed by atoms with Gasteiger partial charge in [-0.1, -0.05) is 60.7 Å². The highest BCUT2D eigenvalue weighted by Crippen LogP contribution is 2.22. The molecule has 0 bridgehead atoms. The Morgan fingerprint density at radius 1 is 0.706 bits per heavy atom. The van der Waals surface area contributed by atoms with E-state index in [9.17, 15) is 0 Å². The maximum atomic E-state index is 3.39. The zero-order valence-electron chi connectivity index (χ0n) is 9.69. The average molecular weight is 221 g/mol. The summed E-state index contributed by atoms with van der Waals surface area (Å²) in [6, 6.07) is 19.2. The van der Waals surface area contributed by atoms with Crippen molar-refractivity contribution in [1.29, 1.82) is 0 Å². The lowest BCUT2D eigenvalue weighted by molar-refractivity contribution is 0.928. The molecule has 1 aliphatic rings. The van der Waals surface area contributed by atoms with Crippen LogP contribution in [0.2, 0.25) is 0 Å². The maximum Gasteiger partial charge on any atom is 0.0374 e. The highest BCUT2D eigenvalue weighted by molar-refractivity contribution is 5.70. The lowest BCUT2D eigenvalue weighted by Gasteiger charge is -2.06. The first-order chi connectivity index (χ1) is 8.43. The molecule has 0 saturated carbocycles. The summed E-state index contributed by atoms with van der Waals surface area (Å²) in [5.41, 5.74) is 5.09. The fourth-order valence-electron chi connectivity index (χ4n) is 2.19. The topological polar surface area (TPSA) is 12.0 Å². The summed E-state index contributed by atoms with van der Waals surface area (Å²) < 4.78 is 0. The molecule has 2 aromatic rings. The van der Waals surface area contributed by atoms with E-state index in [-0.39, 0.29) is 0 Å². The fraction of sp³-hybridized carbons (Fsp3) is 0.125. The second kappa shape index (κ2) is 4.46. The largest absolute Gasteiger partial charge is 0.385 e. The van der Waals surface area contributed by atoms with Crippen LogP contribution in [0.1, 0.15) is 12.0 Å². The molecular formula is C16H15N. The lowest BCUT2D eigenvalue weighted by atomic mass is 10.0. The van der Waals surface area contributed by atoms with Crippen LogP contribution in [0, 0.1) is 0 Å². The van der Waals surface area contributed by atoms with Gasteiger partial charge in [-0.2, -0.15) is 0 Å². The molecule has 0 radical (unpaired) electrons. The number of hydrogen-bond acceptors (Lipinski definition) is 1. The summed E-state index contributed by atoms with van der Waals surface area (Å²) in [6.45, 7) is 1.07. The van der Waals surface area contributed by atoms with Crippen molar-refractivity contribution < 1.29 is 0 Å². The average Bonchev–Trinajstić information content (AvgIpc) is 2.94. The Hall–Kier alpha value is -2.02. The third-order valence-corrected chi connectivity index (χ3v) is 3.11. The molecular weight excluding hydrogens is 206 g/mol. The Balaban J connectivity index is 1.90. The molecule has 1 heterocycles. The molecule has 0 spiro atoms. The van der Waals surface area contributed by atoms with Crippen LogP contribution >= 0.6 is 0 Å². The van der Waals surface area contributed by atoms with Gasteiger partial charge in [0, 0.05) is 12.2 Å². The molecule has 1 nitrogen and oxygen atoms in total. The van der Waals surface area contributed by atoms with Crippen molar-refractivity contribution in [1.82, 2.24) is 5.32 Å². The zero-order valence-corrected chi connectivity index (χ0v) is 9.69. The minimum absolute atomic E-state index is 1.07. The molecule has 0 aromatic heterocycles. The van der Waals surface area contributed by atoms with Crippen molar-refractivity contribution in [3.63, 3.8) is 0 Å². The van der Waals surface area contributed by atoms with Gasteiger partial charge in [-0.15, -0.1) is 0 Å². The van der Waals surface area contributed by atoms with Crippen LogP contribution in [-0.2, 0) is 0 Å². The quantitative estimate of drug-likeness (QED) is 0.815. The van der Waals surface area contributed by atoms with E-state index in [1.54, 1.807) is 0 Å². The van der Waals surface area contributed by atoms with Crippen molar-refractivity contribution in [2.24, 2.45) is 0 Å². The van der Waals surface area contributed by atoms with E-state index in [1.165, 1.54) is 22.4 Å². The zero-order chi connectivity index (χ0) is 11.5. The first kappa shape index (κ1) is 10.2. The van der Waals surface area contributed by atoms with E-state index in [2.05, 4.69) is 59.9 Å². The second-order valence-corrected chi connectivity index (χ2v) is 4.28. The van der Waals surface area contributed by atoms with Crippen LogP contribution in [0.3, 0.4) is 0 Å². The summed E-state index contributed by atoms with van der Waals surface area (Å²) in [6.07, 6.45) is 3.40. The third kappa shape index (κ3) is 2.09. The standard InChI is InChI=1S/C16H15N/c1-2-5-13(6-3-1)14-8-10-15(11-9-14)16-7-4-12-17-16/h1-3,5-11,17H,4,12H2. The summed E-state index contributed by atoms with van der Waals surface area (Å²) in [5, 5.41) is 3.39. The van der Waals surface area contributed by atoms with Crippen molar-refractivity contribution in [2.45, 2.75) is 6.42 Å². The third-order valence-electron chi connectivity index (χ3n) is 3.11. The van der Waals surface area contributed by atoms with E-state index in [0.29, 0.717) is 0 Å². The molecule has 1 N–H and O–H groups in total. The van der Waals surface area contributed by atoms with Gasteiger partial charge in [0.25, 0.3) is 0 Å². The molecule has 1 aliphatic heterocycles. The summed E-state index contributed by atoms with van der Waals surface area (Å²) in [7, 11) is 0. The Morgan fingerprint density at radius 3 is 2.00 bits per heavy atom. The van der Waals surface area contributed by atoms with Crippen molar-refractivity contribution in [2.75, 3.05) is 6.54 Å². The van der Waals surface area contributed by atoms with E-state index in [4.69, 9.17) is 0 Å². The molecule has 1 heteroatoms. The molecule has 0 fully saturated rings. The van der Waals surface area contributed by atoms with Gasteiger partial charge in [-0.25, -0.2) is 0 Å². The van der Waals surface area contributed by atoms with Crippen LogP contribution in [-0.4, -0.2) is 6.54 Å². The van der Waals surface area contributed by atoms with E-state index in [1.807, 2.05) is 6.07 Å². The number of hydrogen-bond donors (Lipinski definition) is 1. The number of nitrogens with one attached hydrogen (secondary N) is 1. The monoisotopic (exact) mass is 221 g/mol. The van der Waals surface area contributed by atoms with Gasteiger partial charge >= 0.3 is 0 Å². The summed E-state index contributed by atoms with van der Waals surface area (Å²) in [4.78, 5) is 0. The number of benzene rings is 2. The predicted molar refractivity (Wildman–Crippen MR) is 72.5 cm³/mol. The minimum Gasteiger partial charge on any atom is -0.385 e. The molecule has 17 heavy (non-hydrogen) atoms. The smallest absolute Gasteiger partial charge is 0.0374 e.